The van der Waals surface area contributed by atoms with E-state index in [4.69, 9.17) is 15.2 Å². The molecule has 0 amide bonds. The molecule has 8 nitrogen and oxygen atoms in total. The van der Waals surface area contributed by atoms with Crippen LogP contribution in [0.2, 0.25) is 0 Å². The van der Waals surface area contributed by atoms with Crippen LogP contribution in [0.4, 0.5) is 5.82 Å². The minimum Gasteiger partial charge on any atom is -0.493 e. The first-order chi connectivity index (χ1) is 17.1. The number of carbonyl (C=O) groups excluding carboxylic acids is 1. The lowest BCUT2D eigenvalue weighted by Gasteiger charge is -2.38. The van der Waals surface area contributed by atoms with E-state index in [0.717, 1.165) is 22.5 Å². The Morgan fingerprint density at radius 2 is 1.86 bits per heavy atom. The maximum atomic E-state index is 13.3. The molecule has 1 aliphatic carbocycles. The van der Waals surface area contributed by atoms with E-state index < -0.39 is 5.92 Å². The summed E-state index contributed by atoms with van der Waals surface area (Å²) in [5.74, 6) is 1.32. The molecule has 0 radical (unpaired) electrons. The molecule has 1 aromatic heterocycles. The summed E-state index contributed by atoms with van der Waals surface area (Å²) in [6.07, 6.45) is 1.78. The van der Waals surface area contributed by atoms with Crippen LogP contribution in [0.3, 0.4) is 0 Å². The fourth-order valence-electron chi connectivity index (χ4n) is 4.91. The fourth-order valence-corrected chi connectivity index (χ4v) is 4.91. The molecule has 3 aromatic rings. The smallest absolute Gasteiger partial charge is 0.161 e. The molecular weight excluding hydrogens is 442 g/mol. The van der Waals surface area contributed by atoms with Crippen molar-refractivity contribution >= 4 is 11.6 Å². The quantitative estimate of drug-likeness (QED) is 0.571. The first-order valence-electron chi connectivity index (χ1n) is 11.4. The van der Waals surface area contributed by atoms with Gasteiger partial charge < -0.3 is 15.2 Å². The molecule has 8 heteroatoms. The van der Waals surface area contributed by atoms with Crippen LogP contribution in [0.25, 0.3) is 11.3 Å². The maximum absolute atomic E-state index is 13.3. The van der Waals surface area contributed by atoms with Crippen LogP contribution in [0.5, 0.6) is 11.5 Å². The third-order valence-corrected chi connectivity index (χ3v) is 6.53. The Morgan fingerprint density at radius 3 is 2.57 bits per heavy atom. The van der Waals surface area contributed by atoms with Crippen LogP contribution in [0.1, 0.15) is 30.7 Å². The summed E-state index contributed by atoms with van der Waals surface area (Å²) >= 11 is 0. The summed E-state index contributed by atoms with van der Waals surface area (Å²) in [7, 11) is 3.12. The lowest BCUT2D eigenvalue weighted by Crippen LogP contribution is -2.39. The van der Waals surface area contributed by atoms with E-state index in [2.05, 4.69) is 16.3 Å². The second-order valence-electron chi connectivity index (χ2n) is 8.44. The monoisotopic (exact) mass is 467 g/mol. The second kappa shape index (κ2) is 9.03. The Morgan fingerprint density at radius 1 is 1.09 bits per heavy atom. The van der Waals surface area contributed by atoms with E-state index >= 15 is 0 Å². The first-order valence-corrected chi connectivity index (χ1v) is 11.4. The predicted octanol–water partition coefficient (Wildman–Crippen LogP) is 4.40. The number of nitrogens with zero attached hydrogens (tertiary/aromatic N) is 3. The Hall–Kier alpha value is -4.51. The van der Waals surface area contributed by atoms with Gasteiger partial charge in [-0.2, -0.15) is 10.4 Å². The van der Waals surface area contributed by atoms with Gasteiger partial charge in [0.1, 0.15) is 5.82 Å². The van der Waals surface area contributed by atoms with E-state index in [1.165, 1.54) is 0 Å². The summed E-state index contributed by atoms with van der Waals surface area (Å²) in [4.78, 5) is 15.1. The molecule has 176 valence electrons. The van der Waals surface area contributed by atoms with Crippen molar-refractivity contribution in [1.82, 2.24) is 10.2 Å². The van der Waals surface area contributed by atoms with Gasteiger partial charge in [0.25, 0.3) is 0 Å². The topological polar surface area (TPSA) is 117 Å². The SMILES string of the molecule is COc1ccc([C@@H]2C(C#N)=C(N)N(c3cc(-c4ccccc4)[nH]n3)C3=C2C(=O)CCC3)cc1OC. The zero-order valence-corrected chi connectivity index (χ0v) is 19.5. The number of Topliss-reactive ketones (excluding diaryl/α,β-unsaturated/α-hetero) is 1. The van der Waals surface area contributed by atoms with Crippen molar-refractivity contribution in [2.24, 2.45) is 5.73 Å². The molecule has 5 rings (SSSR count). The zero-order valence-electron chi connectivity index (χ0n) is 19.5. The van der Waals surface area contributed by atoms with Crippen molar-refractivity contribution in [3.63, 3.8) is 0 Å². The summed E-state index contributed by atoms with van der Waals surface area (Å²) in [6, 6.07) is 19.4. The zero-order chi connectivity index (χ0) is 24.5. The highest BCUT2D eigenvalue weighted by Crippen LogP contribution is 2.47. The van der Waals surface area contributed by atoms with Crippen molar-refractivity contribution in [3.05, 3.63) is 82.8 Å². The highest BCUT2D eigenvalue weighted by atomic mass is 16.5. The summed E-state index contributed by atoms with van der Waals surface area (Å²) < 4.78 is 10.8. The average molecular weight is 468 g/mol. The first kappa shape index (κ1) is 22.3. The maximum Gasteiger partial charge on any atom is 0.161 e. The minimum atomic E-state index is -0.591. The van der Waals surface area contributed by atoms with Gasteiger partial charge in [-0.1, -0.05) is 36.4 Å². The lowest BCUT2D eigenvalue weighted by atomic mass is 9.75. The van der Waals surface area contributed by atoms with Crippen molar-refractivity contribution in [1.29, 1.82) is 5.26 Å². The van der Waals surface area contributed by atoms with Crippen LogP contribution < -0.4 is 20.1 Å². The van der Waals surface area contributed by atoms with Gasteiger partial charge in [0.2, 0.25) is 0 Å². The molecule has 3 N–H and O–H groups in total. The van der Waals surface area contributed by atoms with Gasteiger partial charge in [-0.15, -0.1) is 0 Å². The van der Waals surface area contributed by atoms with Gasteiger partial charge in [-0.3, -0.25) is 14.8 Å². The number of anilines is 1. The molecule has 1 aliphatic heterocycles. The van der Waals surface area contributed by atoms with Crippen LogP contribution in [-0.2, 0) is 4.79 Å². The van der Waals surface area contributed by atoms with Crippen molar-refractivity contribution in [2.45, 2.75) is 25.2 Å². The molecule has 0 spiro atoms. The van der Waals surface area contributed by atoms with E-state index in [1.807, 2.05) is 42.5 Å². The van der Waals surface area contributed by atoms with Gasteiger partial charge in [-0.05, 0) is 36.1 Å². The standard InChI is InChI=1S/C27H25N5O3/c1-34-22-12-11-17(13-23(22)35-2)25-18(15-28)27(29)32(20-9-6-10-21(33)26(20)25)24-14-19(30-31-24)16-7-4-3-5-8-16/h3-5,7-8,11-14,25H,6,9-10,29H2,1-2H3,(H,30,31)/t25-/m1/s1. The van der Waals surface area contributed by atoms with Gasteiger partial charge >= 0.3 is 0 Å². The van der Waals surface area contributed by atoms with Crippen molar-refractivity contribution in [2.75, 3.05) is 19.1 Å². The number of benzene rings is 2. The van der Waals surface area contributed by atoms with Gasteiger partial charge in [0.15, 0.2) is 23.1 Å². The molecule has 35 heavy (non-hydrogen) atoms. The molecule has 0 fully saturated rings. The number of nitriles is 1. The number of carbonyl (C=O) groups is 1. The number of aromatic nitrogens is 2. The Kier molecular flexibility index (Phi) is 5.75. The van der Waals surface area contributed by atoms with E-state index in [9.17, 15) is 10.1 Å². The normalized spacial score (nSPS) is 17.8. The number of ether oxygens (including phenoxy) is 2. The number of nitrogens with one attached hydrogen (secondary N) is 1. The van der Waals surface area contributed by atoms with Gasteiger partial charge in [0, 0.05) is 23.8 Å². The summed E-state index contributed by atoms with van der Waals surface area (Å²) in [5.41, 5.74) is 10.9. The molecule has 1 atom stereocenters. The van der Waals surface area contributed by atoms with E-state index in [1.54, 1.807) is 31.3 Å². The number of rotatable bonds is 5. The summed E-state index contributed by atoms with van der Waals surface area (Å²) in [5, 5.41) is 17.8. The third kappa shape index (κ3) is 3.71. The van der Waals surface area contributed by atoms with Crippen LogP contribution >= 0.6 is 0 Å². The molecule has 2 heterocycles. The highest BCUT2D eigenvalue weighted by molar-refractivity contribution is 6.01. The number of hydrogen-bond acceptors (Lipinski definition) is 7. The van der Waals surface area contributed by atoms with Crippen LogP contribution in [0, 0.1) is 11.3 Å². The molecule has 0 saturated heterocycles. The van der Waals surface area contributed by atoms with Crippen LogP contribution in [0.15, 0.2) is 77.3 Å². The number of hydrogen-bond donors (Lipinski definition) is 2. The number of H-pyrrole nitrogens is 1. The second-order valence-corrected chi connectivity index (χ2v) is 8.44. The lowest BCUT2D eigenvalue weighted by molar-refractivity contribution is -0.116. The largest absolute Gasteiger partial charge is 0.493 e. The number of allylic oxidation sites excluding steroid dienone is 3. The highest BCUT2D eigenvalue weighted by Gasteiger charge is 2.41. The van der Waals surface area contributed by atoms with Crippen molar-refractivity contribution in [3.8, 4) is 28.8 Å². The number of aromatic amines is 1. The van der Waals surface area contributed by atoms with Crippen molar-refractivity contribution < 1.29 is 14.3 Å². The molecule has 2 aromatic carbocycles. The predicted molar refractivity (Wildman–Crippen MR) is 132 cm³/mol. The molecule has 2 aliphatic rings. The third-order valence-electron chi connectivity index (χ3n) is 6.53. The molecule has 0 saturated carbocycles. The number of nitrogens with two attached hydrogens (primary N) is 1. The summed E-state index contributed by atoms with van der Waals surface area (Å²) in [6.45, 7) is 0. The molecular formula is C27H25N5O3. The molecule has 0 bridgehead atoms. The number of ketones is 1. The minimum absolute atomic E-state index is 0.00936. The van der Waals surface area contributed by atoms with E-state index in [-0.39, 0.29) is 11.6 Å². The number of methoxy groups -OCH3 is 2. The van der Waals surface area contributed by atoms with Gasteiger partial charge in [0.05, 0.1) is 37.5 Å². The Balaban J connectivity index is 1.67. The molecule has 0 unspecified atom stereocenters. The van der Waals surface area contributed by atoms with Gasteiger partial charge in [-0.25, -0.2) is 0 Å². The van der Waals surface area contributed by atoms with E-state index in [0.29, 0.717) is 47.7 Å². The Labute approximate surface area is 203 Å². The Bertz CT molecular complexity index is 1400. The average Bonchev–Trinajstić information content (AvgIpc) is 3.38. The van der Waals surface area contributed by atoms with Crippen LogP contribution in [-0.4, -0.2) is 30.2 Å². The fraction of sp³-hybridized carbons (Fsp3) is 0.222.